The zero-order valence-electron chi connectivity index (χ0n) is 9.48. The summed E-state index contributed by atoms with van der Waals surface area (Å²) < 4.78 is 0.985. The van der Waals surface area contributed by atoms with Gasteiger partial charge in [0.05, 0.1) is 4.92 Å². The molecule has 3 nitrogen and oxygen atoms in total. The number of thiophene rings is 1. The molecule has 2 aromatic rings. The van der Waals surface area contributed by atoms with E-state index in [4.69, 9.17) is 0 Å². The van der Waals surface area contributed by atoms with Crippen LogP contribution in [0.1, 0.15) is 26.3 Å². The summed E-state index contributed by atoms with van der Waals surface area (Å²) in [6.07, 6.45) is 0. The van der Waals surface area contributed by atoms with Gasteiger partial charge in [-0.25, -0.2) is 0 Å². The Morgan fingerprint density at radius 1 is 1.31 bits per heavy atom. The van der Waals surface area contributed by atoms with Gasteiger partial charge >= 0.3 is 0 Å². The lowest BCUT2D eigenvalue weighted by Crippen LogP contribution is -2.09. The molecule has 1 aromatic heterocycles. The Hall–Kier alpha value is -1.42. The number of nitro groups is 1. The minimum absolute atomic E-state index is 0.0778. The maximum absolute atomic E-state index is 10.7. The van der Waals surface area contributed by atoms with E-state index in [-0.39, 0.29) is 16.0 Å². The third kappa shape index (κ3) is 1.80. The Morgan fingerprint density at radius 3 is 2.56 bits per heavy atom. The number of rotatable bonds is 1. The minimum Gasteiger partial charge on any atom is -0.258 e. The van der Waals surface area contributed by atoms with Crippen molar-refractivity contribution in [1.29, 1.82) is 0 Å². The smallest absolute Gasteiger partial charge is 0.258 e. The van der Waals surface area contributed by atoms with E-state index in [2.05, 4.69) is 26.2 Å². The molecule has 84 valence electrons. The van der Waals surface area contributed by atoms with Crippen molar-refractivity contribution < 1.29 is 4.92 Å². The van der Waals surface area contributed by atoms with Crippen LogP contribution in [0.5, 0.6) is 0 Å². The summed E-state index contributed by atoms with van der Waals surface area (Å²) in [7, 11) is 0. The van der Waals surface area contributed by atoms with Crippen LogP contribution < -0.4 is 0 Å². The van der Waals surface area contributed by atoms with E-state index in [1.165, 1.54) is 5.56 Å². The lowest BCUT2D eigenvalue weighted by atomic mass is 9.87. The van der Waals surface area contributed by atoms with Gasteiger partial charge in [-0.1, -0.05) is 20.8 Å². The molecule has 0 fully saturated rings. The Bertz CT molecular complexity index is 552. The van der Waals surface area contributed by atoms with Crippen molar-refractivity contribution in [1.82, 2.24) is 0 Å². The molecule has 0 unspecified atom stereocenters. The van der Waals surface area contributed by atoms with Gasteiger partial charge in [0.1, 0.15) is 0 Å². The van der Waals surface area contributed by atoms with E-state index in [1.54, 1.807) is 23.5 Å². The predicted octanol–water partition coefficient (Wildman–Crippen LogP) is 4.11. The van der Waals surface area contributed by atoms with Crippen LogP contribution in [0.3, 0.4) is 0 Å². The lowest BCUT2D eigenvalue weighted by Gasteiger charge is -2.17. The summed E-state index contributed by atoms with van der Waals surface area (Å²) in [6, 6.07) is 5.07. The first-order valence-corrected chi connectivity index (χ1v) is 5.93. The van der Waals surface area contributed by atoms with Crippen molar-refractivity contribution in [3.63, 3.8) is 0 Å². The highest BCUT2D eigenvalue weighted by molar-refractivity contribution is 7.17. The molecule has 0 aliphatic heterocycles. The molecule has 4 heteroatoms. The van der Waals surface area contributed by atoms with Crippen LogP contribution in [0, 0.1) is 10.1 Å². The van der Waals surface area contributed by atoms with Gasteiger partial charge in [0.2, 0.25) is 0 Å². The fraction of sp³-hybridized carbons (Fsp3) is 0.333. The highest BCUT2D eigenvalue weighted by Gasteiger charge is 2.19. The summed E-state index contributed by atoms with van der Waals surface area (Å²) in [4.78, 5) is 10.3. The molecule has 0 saturated heterocycles. The highest BCUT2D eigenvalue weighted by Crippen LogP contribution is 2.36. The van der Waals surface area contributed by atoms with Crippen molar-refractivity contribution in [2.75, 3.05) is 0 Å². The Kier molecular flexibility index (Phi) is 2.46. The number of fused-ring (bicyclic) bond motifs is 1. The molecule has 0 N–H and O–H groups in total. The number of hydrogen-bond acceptors (Lipinski definition) is 3. The molecule has 1 heterocycles. The van der Waals surface area contributed by atoms with Crippen LogP contribution >= 0.6 is 11.3 Å². The van der Waals surface area contributed by atoms with Crippen LogP contribution in [0.2, 0.25) is 0 Å². The maximum Gasteiger partial charge on any atom is 0.270 e. The summed E-state index contributed by atoms with van der Waals surface area (Å²) in [5, 5.41) is 13.9. The number of non-ortho nitro benzene ring substituents is 1. The fourth-order valence-electron chi connectivity index (χ4n) is 1.71. The van der Waals surface area contributed by atoms with Crippen LogP contribution in [-0.2, 0) is 5.41 Å². The second kappa shape index (κ2) is 3.56. The molecular formula is C12H13NO2S. The van der Waals surface area contributed by atoms with E-state index >= 15 is 0 Å². The molecule has 0 aliphatic rings. The number of hydrogen-bond donors (Lipinski definition) is 0. The van der Waals surface area contributed by atoms with Gasteiger partial charge in [0.15, 0.2) is 0 Å². The number of nitrogens with zero attached hydrogens (tertiary/aromatic N) is 1. The van der Waals surface area contributed by atoms with Gasteiger partial charge in [0.25, 0.3) is 5.69 Å². The largest absolute Gasteiger partial charge is 0.270 e. The second-order valence-corrected chi connectivity index (χ2v) is 5.75. The van der Waals surface area contributed by atoms with Crippen LogP contribution in [0.4, 0.5) is 5.69 Å². The maximum atomic E-state index is 10.7. The topological polar surface area (TPSA) is 43.1 Å². The monoisotopic (exact) mass is 235 g/mol. The predicted molar refractivity (Wildman–Crippen MR) is 67.2 cm³/mol. The minimum atomic E-state index is -0.351. The van der Waals surface area contributed by atoms with Crippen molar-refractivity contribution in [3.05, 3.63) is 39.3 Å². The van der Waals surface area contributed by atoms with Crippen LogP contribution in [0.25, 0.3) is 10.1 Å². The molecule has 2 rings (SSSR count). The van der Waals surface area contributed by atoms with E-state index in [9.17, 15) is 10.1 Å². The summed E-state index contributed by atoms with van der Waals surface area (Å²) >= 11 is 1.57. The SMILES string of the molecule is CC(C)(C)c1csc2cc([N+](=O)[O-])ccc12. The summed E-state index contributed by atoms with van der Waals surface area (Å²) in [5.74, 6) is 0. The lowest BCUT2D eigenvalue weighted by molar-refractivity contribution is -0.384. The van der Waals surface area contributed by atoms with Crippen LogP contribution in [-0.4, -0.2) is 4.92 Å². The quantitative estimate of drug-likeness (QED) is 0.551. The van der Waals surface area contributed by atoms with Crippen molar-refractivity contribution in [2.45, 2.75) is 26.2 Å². The molecule has 16 heavy (non-hydrogen) atoms. The summed E-state index contributed by atoms with van der Waals surface area (Å²) in [6.45, 7) is 6.45. The molecule has 0 saturated carbocycles. The molecule has 0 atom stereocenters. The first-order valence-electron chi connectivity index (χ1n) is 5.06. The standard InChI is InChI=1S/C12H13NO2S/c1-12(2,3)10-7-16-11-6-8(13(14)15)4-5-9(10)11/h4-7H,1-3H3. The molecular weight excluding hydrogens is 222 g/mol. The number of nitro benzene ring substituents is 1. The summed E-state index contributed by atoms with van der Waals surface area (Å²) in [5.41, 5.74) is 1.49. The van der Waals surface area contributed by atoms with Gasteiger partial charge in [-0.05, 0) is 27.8 Å². The zero-order valence-corrected chi connectivity index (χ0v) is 10.3. The average molecular weight is 235 g/mol. The molecule has 1 aromatic carbocycles. The van der Waals surface area contributed by atoms with Crippen molar-refractivity contribution >= 4 is 27.1 Å². The zero-order chi connectivity index (χ0) is 11.9. The first-order chi connectivity index (χ1) is 7.39. The van der Waals surface area contributed by atoms with Gasteiger partial charge < -0.3 is 0 Å². The van der Waals surface area contributed by atoms with Gasteiger partial charge in [0, 0.05) is 16.8 Å². The molecule has 0 aliphatic carbocycles. The normalized spacial score (nSPS) is 11.9. The number of benzene rings is 1. The van der Waals surface area contributed by atoms with E-state index in [0.717, 1.165) is 10.1 Å². The van der Waals surface area contributed by atoms with Crippen molar-refractivity contribution in [2.24, 2.45) is 0 Å². The molecule has 0 radical (unpaired) electrons. The average Bonchev–Trinajstić information content (AvgIpc) is 2.58. The Morgan fingerprint density at radius 2 is 2.00 bits per heavy atom. The van der Waals surface area contributed by atoms with E-state index < -0.39 is 0 Å². The molecule has 0 spiro atoms. The molecule has 0 amide bonds. The van der Waals surface area contributed by atoms with Gasteiger partial charge in [-0.2, -0.15) is 0 Å². The third-order valence-corrected chi connectivity index (χ3v) is 3.52. The first kappa shape index (κ1) is 11.1. The Labute approximate surface area is 97.9 Å². The Balaban J connectivity index is 2.64. The second-order valence-electron chi connectivity index (χ2n) is 4.84. The van der Waals surface area contributed by atoms with Crippen molar-refractivity contribution in [3.8, 4) is 0 Å². The van der Waals surface area contributed by atoms with Crippen LogP contribution in [0.15, 0.2) is 23.6 Å². The van der Waals surface area contributed by atoms with Gasteiger partial charge in [-0.3, -0.25) is 10.1 Å². The fourth-order valence-corrected chi connectivity index (χ4v) is 2.93. The molecule has 0 bridgehead atoms. The van der Waals surface area contributed by atoms with E-state index in [1.807, 2.05) is 6.07 Å². The van der Waals surface area contributed by atoms with Gasteiger partial charge in [-0.15, -0.1) is 11.3 Å². The highest BCUT2D eigenvalue weighted by atomic mass is 32.1. The van der Waals surface area contributed by atoms with E-state index in [0.29, 0.717) is 0 Å². The third-order valence-electron chi connectivity index (χ3n) is 2.58.